The largest absolute Gasteiger partial charge is 0.323 e. The highest BCUT2D eigenvalue weighted by molar-refractivity contribution is 5.99. The van der Waals surface area contributed by atoms with E-state index in [1.807, 2.05) is 24.3 Å². The van der Waals surface area contributed by atoms with E-state index in [0.29, 0.717) is 0 Å². The van der Waals surface area contributed by atoms with Gasteiger partial charge in [-0.05, 0) is 60.3 Å². The Kier molecular flexibility index (Phi) is 6.02. The van der Waals surface area contributed by atoms with Crippen LogP contribution in [0.5, 0.6) is 0 Å². The molecule has 0 spiro atoms. The van der Waals surface area contributed by atoms with Gasteiger partial charge in [-0.2, -0.15) is 0 Å². The van der Waals surface area contributed by atoms with E-state index in [9.17, 15) is 4.79 Å². The van der Waals surface area contributed by atoms with Crippen molar-refractivity contribution in [3.05, 3.63) is 59.2 Å². The van der Waals surface area contributed by atoms with Crippen LogP contribution in [0, 0.1) is 0 Å². The average Bonchev–Trinajstić information content (AvgIpc) is 2.55. The molecule has 0 bridgehead atoms. The minimum Gasteiger partial charge on any atom is -0.312 e. The van der Waals surface area contributed by atoms with Crippen LogP contribution < -0.4 is 16.0 Å². The van der Waals surface area contributed by atoms with E-state index in [1.54, 1.807) is 0 Å². The van der Waals surface area contributed by atoms with Gasteiger partial charge in [-0.15, -0.1) is 12.4 Å². The van der Waals surface area contributed by atoms with E-state index < -0.39 is 0 Å². The number of nitrogens with one attached hydrogen (secondary N) is 3. The Labute approximate surface area is 143 Å². The van der Waals surface area contributed by atoms with Gasteiger partial charge in [0.2, 0.25) is 0 Å². The molecule has 5 heteroatoms. The van der Waals surface area contributed by atoms with E-state index in [1.165, 1.54) is 16.7 Å². The van der Waals surface area contributed by atoms with Crippen LogP contribution in [-0.4, -0.2) is 12.6 Å². The fraction of sp³-hybridized carbons (Fsp3) is 0.278. The number of fused-ring (bicyclic) bond motifs is 1. The molecule has 1 aliphatic rings. The molecular formula is C18H22ClN3O. The number of hydrogen-bond donors (Lipinski definition) is 3. The van der Waals surface area contributed by atoms with E-state index in [-0.39, 0.29) is 18.4 Å². The fourth-order valence-corrected chi connectivity index (χ4v) is 2.72. The van der Waals surface area contributed by atoms with E-state index in [4.69, 9.17) is 0 Å². The molecule has 0 unspecified atom stereocenters. The summed E-state index contributed by atoms with van der Waals surface area (Å²) in [6.07, 6.45) is 1.96. The first-order valence-electron chi connectivity index (χ1n) is 7.74. The number of urea groups is 1. The lowest BCUT2D eigenvalue weighted by molar-refractivity contribution is 0.262. The van der Waals surface area contributed by atoms with Crippen molar-refractivity contribution >= 4 is 29.8 Å². The van der Waals surface area contributed by atoms with Gasteiger partial charge in [-0.1, -0.05) is 25.1 Å². The quantitative estimate of drug-likeness (QED) is 0.797. The summed E-state index contributed by atoms with van der Waals surface area (Å²) in [4.78, 5) is 12.1. The lowest BCUT2D eigenvalue weighted by Gasteiger charge is -2.18. The number of benzene rings is 2. The summed E-state index contributed by atoms with van der Waals surface area (Å²) in [7, 11) is 0. The van der Waals surface area contributed by atoms with Crippen LogP contribution in [0.3, 0.4) is 0 Å². The maximum atomic E-state index is 12.1. The number of hydrogen-bond acceptors (Lipinski definition) is 2. The molecule has 3 rings (SSSR count). The maximum absolute atomic E-state index is 12.1. The van der Waals surface area contributed by atoms with Crippen molar-refractivity contribution in [3.8, 4) is 0 Å². The van der Waals surface area contributed by atoms with Crippen molar-refractivity contribution in [3.63, 3.8) is 0 Å². The van der Waals surface area contributed by atoms with E-state index in [2.05, 4.69) is 41.1 Å². The van der Waals surface area contributed by atoms with Crippen LogP contribution in [0.4, 0.5) is 16.2 Å². The van der Waals surface area contributed by atoms with Crippen molar-refractivity contribution in [1.82, 2.24) is 5.32 Å². The minimum atomic E-state index is -0.206. The Bertz CT molecular complexity index is 688. The van der Waals surface area contributed by atoms with Crippen LogP contribution >= 0.6 is 12.4 Å². The van der Waals surface area contributed by atoms with Crippen LogP contribution in [0.15, 0.2) is 42.5 Å². The van der Waals surface area contributed by atoms with Gasteiger partial charge in [0.25, 0.3) is 0 Å². The Morgan fingerprint density at radius 3 is 2.65 bits per heavy atom. The number of carbonyl (C=O) groups is 1. The topological polar surface area (TPSA) is 53.2 Å². The number of halogens is 1. The molecule has 0 radical (unpaired) electrons. The van der Waals surface area contributed by atoms with Gasteiger partial charge in [0.15, 0.2) is 0 Å². The monoisotopic (exact) mass is 331 g/mol. The molecule has 0 aromatic heterocycles. The van der Waals surface area contributed by atoms with Crippen molar-refractivity contribution in [2.24, 2.45) is 0 Å². The smallest absolute Gasteiger partial charge is 0.312 e. The SMILES string of the molecule is CCc1cccc(NC(=O)Nc2ccc3c(c2)CCNC3)c1.Cl. The summed E-state index contributed by atoms with van der Waals surface area (Å²) in [6, 6.07) is 13.8. The minimum absolute atomic E-state index is 0. The molecule has 122 valence electrons. The zero-order chi connectivity index (χ0) is 15.4. The van der Waals surface area contributed by atoms with Crippen LogP contribution in [-0.2, 0) is 19.4 Å². The van der Waals surface area contributed by atoms with Gasteiger partial charge < -0.3 is 16.0 Å². The van der Waals surface area contributed by atoms with Gasteiger partial charge in [0.05, 0.1) is 0 Å². The summed E-state index contributed by atoms with van der Waals surface area (Å²) in [5.74, 6) is 0. The third-order valence-corrected chi connectivity index (χ3v) is 3.94. The Morgan fingerprint density at radius 1 is 1.09 bits per heavy atom. The predicted octanol–water partition coefficient (Wildman–Crippen LogP) is 3.96. The highest BCUT2D eigenvalue weighted by Gasteiger charge is 2.10. The third-order valence-electron chi connectivity index (χ3n) is 3.94. The highest BCUT2D eigenvalue weighted by atomic mass is 35.5. The lowest BCUT2D eigenvalue weighted by atomic mass is 10.0. The molecule has 4 nitrogen and oxygen atoms in total. The summed E-state index contributed by atoms with van der Waals surface area (Å²) < 4.78 is 0. The first-order chi connectivity index (χ1) is 10.7. The van der Waals surface area contributed by atoms with Crippen molar-refractivity contribution in [1.29, 1.82) is 0 Å². The molecule has 1 heterocycles. The molecule has 0 saturated carbocycles. The first-order valence-corrected chi connectivity index (χ1v) is 7.74. The number of rotatable bonds is 3. The predicted molar refractivity (Wildman–Crippen MR) is 97.6 cm³/mol. The molecule has 2 aromatic rings. The van der Waals surface area contributed by atoms with E-state index in [0.717, 1.165) is 37.3 Å². The first kappa shape index (κ1) is 17.3. The number of anilines is 2. The maximum Gasteiger partial charge on any atom is 0.323 e. The van der Waals surface area contributed by atoms with Gasteiger partial charge in [0, 0.05) is 17.9 Å². The molecule has 0 atom stereocenters. The Hall–Kier alpha value is -2.04. The zero-order valence-corrected chi connectivity index (χ0v) is 14.0. The van der Waals surface area contributed by atoms with Crippen molar-refractivity contribution in [2.75, 3.05) is 17.2 Å². The molecule has 0 saturated heterocycles. The Balaban J connectivity index is 0.00000192. The summed E-state index contributed by atoms with van der Waals surface area (Å²) in [5, 5.41) is 9.14. The summed E-state index contributed by atoms with van der Waals surface area (Å²) in [6.45, 7) is 4.00. The number of aryl methyl sites for hydroxylation is 1. The van der Waals surface area contributed by atoms with Gasteiger partial charge in [-0.25, -0.2) is 4.79 Å². The summed E-state index contributed by atoms with van der Waals surface area (Å²) in [5.41, 5.74) is 5.49. The van der Waals surface area contributed by atoms with Crippen LogP contribution in [0.2, 0.25) is 0 Å². The van der Waals surface area contributed by atoms with Crippen molar-refractivity contribution < 1.29 is 4.79 Å². The molecule has 0 fully saturated rings. The molecule has 23 heavy (non-hydrogen) atoms. The second-order valence-corrected chi connectivity index (χ2v) is 5.54. The lowest BCUT2D eigenvalue weighted by Crippen LogP contribution is -2.24. The number of amides is 2. The Morgan fingerprint density at radius 2 is 1.87 bits per heavy atom. The highest BCUT2D eigenvalue weighted by Crippen LogP contribution is 2.19. The van der Waals surface area contributed by atoms with Crippen LogP contribution in [0.1, 0.15) is 23.6 Å². The van der Waals surface area contributed by atoms with Crippen LogP contribution in [0.25, 0.3) is 0 Å². The number of carbonyl (C=O) groups excluding carboxylic acids is 1. The second kappa shape index (κ2) is 7.99. The van der Waals surface area contributed by atoms with Gasteiger partial charge in [-0.3, -0.25) is 0 Å². The van der Waals surface area contributed by atoms with Gasteiger partial charge in [0.1, 0.15) is 0 Å². The summed E-state index contributed by atoms with van der Waals surface area (Å²) >= 11 is 0. The fourth-order valence-electron chi connectivity index (χ4n) is 2.72. The van der Waals surface area contributed by atoms with E-state index >= 15 is 0 Å². The molecule has 2 amide bonds. The molecule has 0 aliphatic carbocycles. The normalized spacial score (nSPS) is 12.7. The third kappa shape index (κ3) is 4.47. The standard InChI is InChI=1S/C18H21N3O.ClH/c1-2-13-4-3-5-16(10-13)20-18(22)21-17-7-6-15-12-19-9-8-14(15)11-17;/h3-7,10-11,19H,2,8-9,12H2,1H3,(H2,20,21,22);1H. The average molecular weight is 332 g/mol. The second-order valence-electron chi connectivity index (χ2n) is 5.54. The molecule has 3 N–H and O–H groups in total. The van der Waals surface area contributed by atoms with Gasteiger partial charge >= 0.3 is 6.03 Å². The molecule has 2 aromatic carbocycles. The van der Waals surface area contributed by atoms with Crippen molar-refractivity contribution in [2.45, 2.75) is 26.3 Å². The molecule has 1 aliphatic heterocycles. The zero-order valence-electron chi connectivity index (χ0n) is 13.2. The molecular weight excluding hydrogens is 310 g/mol.